The zero-order valence-corrected chi connectivity index (χ0v) is 14.5. The molecule has 5 heteroatoms. The summed E-state index contributed by atoms with van der Waals surface area (Å²) in [7, 11) is 0. The number of anilines is 1. The Kier molecular flexibility index (Phi) is 6.40. The molecule has 1 aromatic heterocycles. The highest BCUT2D eigenvalue weighted by atomic mass is 16.5. The quantitative estimate of drug-likeness (QED) is 0.839. The minimum atomic E-state index is -0.0718. The van der Waals surface area contributed by atoms with E-state index in [4.69, 9.17) is 4.74 Å². The van der Waals surface area contributed by atoms with Crippen molar-refractivity contribution in [3.05, 3.63) is 54.4 Å². The Hall–Kier alpha value is -2.40. The summed E-state index contributed by atoms with van der Waals surface area (Å²) >= 11 is 0. The van der Waals surface area contributed by atoms with Gasteiger partial charge in [0.25, 0.3) is 0 Å². The highest BCUT2D eigenvalue weighted by Crippen LogP contribution is 2.17. The van der Waals surface area contributed by atoms with Gasteiger partial charge >= 0.3 is 0 Å². The molecule has 0 atom stereocenters. The normalized spacial score (nSPS) is 14.9. The van der Waals surface area contributed by atoms with Crippen LogP contribution < -0.4 is 10.1 Å². The average Bonchev–Trinajstić information content (AvgIpc) is 2.64. The third-order valence-electron chi connectivity index (χ3n) is 4.30. The summed E-state index contributed by atoms with van der Waals surface area (Å²) in [5.41, 5.74) is 1.97. The van der Waals surface area contributed by atoms with Gasteiger partial charge in [-0.15, -0.1) is 0 Å². The Morgan fingerprint density at radius 1 is 1.16 bits per heavy atom. The van der Waals surface area contributed by atoms with Gasteiger partial charge in [-0.2, -0.15) is 0 Å². The lowest BCUT2D eigenvalue weighted by molar-refractivity contribution is -0.116. The minimum absolute atomic E-state index is 0.0718. The fourth-order valence-electron chi connectivity index (χ4n) is 3.03. The predicted molar refractivity (Wildman–Crippen MR) is 98.5 cm³/mol. The third-order valence-corrected chi connectivity index (χ3v) is 4.30. The van der Waals surface area contributed by atoms with Crippen LogP contribution in [-0.4, -0.2) is 35.5 Å². The summed E-state index contributed by atoms with van der Waals surface area (Å²) in [5.74, 6) is 0.751. The van der Waals surface area contributed by atoms with Crippen molar-refractivity contribution < 1.29 is 9.53 Å². The first-order valence-electron chi connectivity index (χ1n) is 8.93. The molecule has 0 unspecified atom stereocenters. The van der Waals surface area contributed by atoms with Crippen LogP contribution in [0.2, 0.25) is 0 Å². The number of rotatable bonds is 7. The Balaban J connectivity index is 1.43. The highest BCUT2D eigenvalue weighted by molar-refractivity contribution is 5.90. The Morgan fingerprint density at radius 3 is 2.84 bits per heavy atom. The van der Waals surface area contributed by atoms with E-state index < -0.39 is 0 Å². The number of nitrogens with zero attached hydrogens (tertiary/aromatic N) is 2. The monoisotopic (exact) mass is 339 g/mol. The van der Waals surface area contributed by atoms with Crippen molar-refractivity contribution in [2.24, 2.45) is 0 Å². The van der Waals surface area contributed by atoms with Crippen molar-refractivity contribution >= 4 is 11.6 Å². The number of nitrogens with one attached hydrogen (secondary N) is 1. The molecule has 1 aliphatic rings. The van der Waals surface area contributed by atoms with Gasteiger partial charge in [0, 0.05) is 12.7 Å². The van der Waals surface area contributed by atoms with E-state index in [2.05, 4.69) is 27.3 Å². The number of hydrogen-bond acceptors (Lipinski definition) is 4. The second-order valence-electron chi connectivity index (χ2n) is 6.37. The summed E-state index contributed by atoms with van der Waals surface area (Å²) < 4.78 is 5.75. The molecule has 5 nitrogen and oxygen atoms in total. The first kappa shape index (κ1) is 17.4. The first-order chi connectivity index (χ1) is 12.3. The lowest BCUT2D eigenvalue weighted by Crippen LogP contribution is -2.29. The van der Waals surface area contributed by atoms with E-state index in [0.717, 1.165) is 12.3 Å². The molecule has 1 N–H and O–H groups in total. The van der Waals surface area contributed by atoms with Crippen molar-refractivity contribution in [2.45, 2.75) is 32.2 Å². The molecular weight excluding hydrogens is 314 g/mol. The van der Waals surface area contributed by atoms with Gasteiger partial charge in [-0.05, 0) is 55.8 Å². The largest absolute Gasteiger partial charge is 0.493 e. The van der Waals surface area contributed by atoms with Gasteiger partial charge in [-0.25, -0.2) is 0 Å². The Labute approximate surface area is 149 Å². The van der Waals surface area contributed by atoms with E-state index in [1.807, 2.05) is 18.2 Å². The van der Waals surface area contributed by atoms with Gasteiger partial charge in [0.1, 0.15) is 5.75 Å². The SMILES string of the molecule is O=C(CCOc1cccc(CN2CCCCC2)c1)Nc1cccnc1. The second-order valence-corrected chi connectivity index (χ2v) is 6.37. The van der Waals surface area contributed by atoms with Crippen LogP contribution in [0.1, 0.15) is 31.2 Å². The zero-order chi connectivity index (χ0) is 17.3. The second kappa shape index (κ2) is 9.18. The fraction of sp³-hybridized carbons (Fsp3) is 0.400. The molecule has 0 bridgehead atoms. The van der Waals surface area contributed by atoms with E-state index >= 15 is 0 Å². The third kappa shape index (κ3) is 5.87. The molecule has 2 aromatic rings. The Bertz CT molecular complexity index is 670. The van der Waals surface area contributed by atoms with Crippen molar-refractivity contribution in [3.63, 3.8) is 0 Å². The maximum absolute atomic E-state index is 11.9. The fourth-order valence-corrected chi connectivity index (χ4v) is 3.03. The van der Waals surface area contributed by atoms with Crippen LogP contribution in [0.3, 0.4) is 0 Å². The first-order valence-corrected chi connectivity index (χ1v) is 8.93. The standard InChI is InChI=1S/C20H25N3O2/c24-20(22-18-7-5-10-21-15-18)9-13-25-19-8-4-6-17(14-19)16-23-11-2-1-3-12-23/h4-8,10,14-15H,1-3,9,11-13,16H2,(H,22,24). The van der Waals surface area contributed by atoms with Crippen LogP contribution in [0.5, 0.6) is 5.75 Å². The number of piperidine rings is 1. The van der Waals surface area contributed by atoms with Crippen LogP contribution in [-0.2, 0) is 11.3 Å². The molecule has 3 rings (SSSR count). The van der Waals surface area contributed by atoms with Crippen molar-refractivity contribution in [1.82, 2.24) is 9.88 Å². The molecule has 132 valence electrons. The van der Waals surface area contributed by atoms with Crippen LogP contribution in [0.25, 0.3) is 0 Å². The van der Waals surface area contributed by atoms with Crippen molar-refractivity contribution in [2.75, 3.05) is 25.0 Å². The van der Waals surface area contributed by atoms with Crippen LogP contribution in [0, 0.1) is 0 Å². The summed E-state index contributed by atoms with van der Waals surface area (Å²) in [5, 5.41) is 2.81. The van der Waals surface area contributed by atoms with E-state index in [1.54, 1.807) is 18.5 Å². The summed E-state index contributed by atoms with van der Waals surface area (Å²) in [6.07, 6.45) is 7.55. The number of pyridine rings is 1. The predicted octanol–water partition coefficient (Wildman–Crippen LogP) is 3.48. The molecule has 0 spiro atoms. The topological polar surface area (TPSA) is 54.5 Å². The van der Waals surface area contributed by atoms with E-state index in [9.17, 15) is 4.79 Å². The molecule has 0 aliphatic carbocycles. The molecular formula is C20H25N3O2. The number of hydrogen-bond donors (Lipinski definition) is 1. The average molecular weight is 339 g/mol. The number of benzene rings is 1. The summed E-state index contributed by atoms with van der Waals surface area (Å²) in [4.78, 5) is 18.4. The molecule has 0 saturated carbocycles. The summed E-state index contributed by atoms with van der Waals surface area (Å²) in [6.45, 7) is 3.69. The maximum atomic E-state index is 11.9. The molecule has 1 aromatic carbocycles. The number of carbonyl (C=O) groups excluding carboxylic acids is 1. The van der Waals surface area contributed by atoms with Gasteiger partial charge in [0.2, 0.25) is 5.91 Å². The zero-order valence-electron chi connectivity index (χ0n) is 14.5. The lowest BCUT2D eigenvalue weighted by atomic mass is 10.1. The van der Waals surface area contributed by atoms with Gasteiger partial charge < -0.3 is 10.1 Å². The van der Waals surface area contributed by atoms with E-state index in [1.165, 1.54) is 37.9 Å². The van der Waals surface area contributed by atoms with Crippen LogP contribution >= 0.6 is 0 Å². The number of likely N-dealkylation sites (tertiary alicyclic amines) is 1. The van der Waals surface area contributed by atoms with Crippen molar-refractivity contribution in [1.29, 1.82) is 0 Å². The van der Waals surface area contributed by atoms with E-state index in [0.29, 0.717) is 18.7 Å². The van der Waals surface area contributed by atoms with Gasteiger partial charge in [0.15, 0.2) is 0 Å². The molecule has 1 saturated heterocycles. The molecule has 1 aliphatic heterocycles. The number of carbonyl (C=O) groups is 1. The van der Waals surface area contributed by atoms with Crippen LogP contribution in [0.15, 0.2) is 48.8 Å². The molecule has 2 heterocycles. The molecule has 1 fully saturated rings. The lowest BCUT2D eigenvalue weighted by Gasteiger charge is -2.26. The number of amides is 1. The van der Waals surface area contributed by atoms with Gasteiger partial charge in [-0.3, -0.25) is 14.7 Å². The molecule has 1 amide bonds. The summed E-state index contributed by atoms with van der Waals surface area (Å²) in [6, 6.07) is 11.8. The van der Waals surface area contributed by atoms with Crippen molar-refractivity contribution in [3.8, 4) is 5.75 Å². The van der Waals surface area contributed by atoms with E-state index in [-0.39, 0.29) is 5.91 Å². The number of ether oxygens (including phenoxy) is 1. The number of aromatic nitrogens is 1. The molecule has 25 heavy (non-hydrogen) atoms. The minimum Gasteiger partial charge on any atom is -0.493 e. The highest BCUT2D eigenvalue weighted by Gasteiger charge is 2.10. The Morgan fingerprint density at radius 2 is 2.04 bits per heavy atom. The van der Waals surface area contributed by atoms with Crippen LogP contribution in [0.4, 0.5) is 5.69 Å². The van der Waals surface area contributed by atoms with Gasteiger partial charge in [0.05, 0.1) is 24.9 Å². The smallest absolute Gasteiger partial charge is 0.227 e. The van der Waals surface area contributed by atoms with Gasteiger partial charge in [-0.1, -0.05) is 18.6 Å². The molecule has 0 radical (unpaired) electrons. The maximum Gasteiger partial charge on any atom is 0.227 e.